The number of ketones is 1. The lowest BCUT2D eigenvalue weighted by atomic mass is 9.81. The monoisotopic (exact) mass is 445 g/mol. The number of aromatic amines is 1. The number of amides is 1. The van der Waals surface area contributed by atoms with Crippen molar-refractivity contribution in [3.05, 3.63) is 87.3 Å². The molecule has 0 unspecified atom stereocenters. The molecule has 1 aliphatic rings. The van der Waals surface area contributed by atoms with Crippen molar-refractivity contribution in [2.24, 2.45) is 0 Å². The van der Waals surface area contributed by atoms with E-state index in [0.29, 0.717) is 29.2 Å². The first-order valence-corrected chi connectivity index (χ1v) is 10.9. The number of carbonyl (C=O) groups excluding carboxylic acids is 2. The average Bonchev–Trinajstić information content (AvgIpc) is 3.20. The van der Waals surface area contributed by atoms with Gasteiger partial charge in [-0.25, -0.2) is 4.98 Å². The number of Topliss-reactive ketones (excluding diaryl/α,β-unsaturated/α-hetero) is 1. The standard InChI is InChI=1S/C24H19N3O4S/c1-31-15-8-6-13(7-9-15)14-10-19-16(20(28)11-14)12-17(22(29)25-19)23(30)27-24-26-18-4-2-3-5-21(18)32-24/h2-9,12,14H,10-11H2,1H3,(H,25,29)(H,26,27,30)/t14-/m0/s1. The molecular formula is C24H19N3O4S. The highest BCUT2D eigenvalue weighted by atomic mass is 32.1. The van der Waals surface area contributed by atoms with E-state index >= 15 is 0 Å². The molecule has 4 aromatic rings. The molecule has 0 fully saturated rings. The topological polar surface area (TPSA) is 101 Å². The fourth-order valence-electron chi connectivity index (χ4n) is 4.00. The van der Waals surface area contributed by atoms with Gasteiger partial charge in [-0.2, -0.15) is 0 Å². The number of benzene rings is 2. The highest BCUT2D eigenvalue weighted by Gasteiger charge is 2.29. The summed E-state index contributed by atoms with van der Waals surface area (Å²) in [6.07, 6.45) is 0.826. The number of nitrogens with one attached hydrogen (secondary N) is 2. The van der Waals surface area contributed by atoms with Gasteiger partial charge < -0.3 is 9.72 Å². The fourth-order valence-corrected chi connectivity index (χ4v) is 4.86. The molecular weight excluding hydrogens is 426 g/mol. The van der Waals surface area contributed by atoms with Crippen molar-refractivity contribution in [1.29, 1.82) is 0 Å². The highest BCUT2D eigenvalue weighted by molar-refractivity contribution is 7.22. The molecule has 1 amide bonds. The van der Waals surface area contributed by atoms with E-state index in [4.69, 9.17) is 4.74 Å². The first-order chi connectivity index (χ1) is 15.5. The van der Waals surface area contributed by atoms with Gasteiger partial charge in [-0.3, -0.25) is 19.7 Å². The summed E-state index contributed by atoms with van der Waals surface area (Å²) in [6, 6.07) is 16.5. The van der Waals surface area contributed by atoms with Gasteiger partial charge in [-0.15, -0.1) is 0 Å². The van der Waals surface area contributed by atoms with Gasteiger partial charge in [0.25, 0.3) is 11.5 Å². The third kappa shape index (κ3) is 3.69. The smallest absolute Gasteiger partial charge is 0.263 e. The van der Waals surface area contributed by atoms with Crippen molar-refractivity contribution >= 4 is 38.4 Å². The molecule has 0 aliphatic heterocycles. The second-order valence-corrected chi connectivity index (χ2v) is 8.68. The number of anilines is 1. The second-order valence-electron chi connectivity index (χ2n) is 7.65. The number of ether oxygens (including phenoxy) is 1. The Bertz CT molecular complexity index is 1370. The maximum absolute atomic E-state index is 12.9. The molecule has 2 aromatic heterocycles. The summed E-state index contributed by atoms with van der Waals surface area (Å²) in [5.74, 6) is 0.0167. The predicted octanol–water partition coefficient (Wildman–Crippen LogP) is 4.16. The first-order valence-electron chi connectivity index (χ1n) is 10.1. The van der Waals surface area contributed by atoms with Gasteiger partial charge in [0, 0.05) is 17.7 Å². The van der Waals surface area contributed by atoms with Crippen LogP contribution in [0.15, 0.2) is 59.4 Å². The van der Waals surface area contributed by atoms with Gasteiger partial charge in [-0.05, 0) is 48.2 Å². The van der Waals surface area contributed by atoms with Crippen LogP contribution in [0.1, 0.15) is 44.3 Å². The summed E-state index contributed by atoms with van der Waals surface area (Å²) in [4.78, 5) is 45.4. The Hall–Kier alpha value is -3.78. The molecule has 7 nitrogen and oxygen atoms in total. The Labute approximate surface area is 187 Å². The number of para-hydroxylation sites is 1. The number of nitrogens with zero attached hydrogens (tertiary/aromatic N) is 1. The molecule has 160 valence electrons. The van der Waals surface area contributed by atoms with Crippen molar-refractivity contribution in [2.45, 2.75) is 18.8 Å². The van der Waals surface area contributed by atoms with E-state index in [9.17, 15) is 14.4 Å². The zero-order valence-corrected chi connectivity index (χ0v) is 18.0. The second kappa shape index (κ2) is 8.05. The van der Waals surface area contributed by atoms with Crippen molar-refractivity contribution in [3.8, 4) is 5.75 Å². The fraction of sp³-hybridized carbons (Fsp3) is 0.167. The Morgan fingerprint density at radius 1 is 1.12 bits per heavy atom. The Kier molecular flexibility index (Phi) is 5.07. The summed E-state index contributed by atoms with van der Waals surface area (Å²) < 4.78 is 6.12. The van der Waals surface area contributed by atoms with E-state index in [1.165, 1.54) is 17.4 Å². The van der Waals surface area contributed by atoms with Gasteiger partial charge >= 0.3 is 0 Å². The average molecular weight is 446 g/mol. The van der Waals surface area contributed by atoms with E-state index in [0.717, 1.165) is 21.5 Å². The lowest BCUT2D eigenvalue weighted by Crippen LogP contribution is -2.29. The zero-order chi connectivity index (χ0) is 22.2. The number of fused-ring (bicyclic) bond motifs is 2. The normalized spacial score (nSPS) is 15.4. The molecule has 0 spiro atoms. The van der Waals surface area contributed by atoms with Crippen LogP contribution in [0, 0.1) is 0 Å². The number of hydrogen-bond acceptors (Lipinski definition) is 6. The van der Waals surface area contributed by atoms with Crippen LogP contribution in [-0.4, -0.2) is 28.8 Å². The van der Waals surface area contributed by atoms with Crippen molar-refractivity contribution in [2.75, 3.05) is 12.4 Å². The van der Waals surface area contributed by atoms with Crippen LogP contribution in [0.4, 0.5) is 5.13 Å². The van der Waals surface area contributed by atoms with Crippen LogP contribution >= 0.6 is 11.3 Å². The maximum atomic E-state index is 12.9. The minimum Gasteiger partial charge on any atom is -0.497 e. The molecule has 2 aromatic carbocycles. The number of rotatable bonds is 4. The molecule has 0 saturated heterocycles. The Morgan fingerprint density at radius 3 is 2.66 bits per heavy atom. The molecule has 0 saturated carbocycles. The summed E-state index contributed by atoms with van der Waals surface area (Å²) in [5.41, 5.74) is 2.10. The van der Waals surface area contributed by atoms with Gasteiger partial charge in [0.1, 0.15) is 11.3 Å². The van der Waals surface area contributed by atoms with E-state index < -0.39 is 11.5 Å². The molecule has 1 atom stereocenters. The molecule has 1 aliphatic carbocycles. The third-order valence-corrected chi connectivity index (χ3v) is 6.60. The van der Waals surface area contributed by atoms with E-state index in [1.807, 2.05) is 48.5 Å². The molecule has 0 bridgehead atoms. The minimum absolute atomic E-state index is 0.0426. The zero-order valence-electron chi connectivity index (χ0n) is 17.2. The molecule has 8 heteroatoms. The summed E-state index contributed by atoms with van der Waals surface area (Å²) in [7, 11) is 1.60. The maximum Gasteiger partial charge on any atom is 0.263 e. The van der Waals surface area contributed by atoms with Crippen LogP contribution in [0.3, 0.4) is 0 Å². The lowest BCUT2D eigenvalue weighted by Gasteiger charge is -2.24. The molecule has 5 rings (SSSR count). The van der Waals surface area contributed by atoms with Gasteiger partial charge in [0.05, 0.1) is 17.3 Å². The molecule has 32 heavy (non-hydrogen) atoms. The number of H-pyrrole nitrogens is 1. The van der Waals surface area contributed by atoms with Crippen LogP contribution in [0.5, 0.6) is 5.75 Å². The van der Waals surface area contributed by atoms with Crippen LogP contribution in [-0.2, 0) is 6.42 Å². The number of hydrogen-bond donors (Lipinski definition) is 2. The first kappa shape index (κ1) is 20.1. The minimum atomic E-state index is -0.585. The number of thiazole rings is 1. The van der Waals surface area contributed by atoms with Gasteiger partial charge in [-0.1, -0.05) is 35.6 Å². The van der Waals surface area contributed by atoms with Crippen molar-refractivity contribution < 1.29 is 14.3 Å². The molecule has 2 heterocycles. The largest absolute Gasteiger partial charge is 0.497 e. The Balaban J connectivity index is 1.41. The van der Waals surface area contributed by atoms with Gasteiger partial charge in [0.15, 0.2) is 10.9 Å². The van der Waals surface area contributed by atoms with Crippen molar-refractivity contribution in [3.63, 3.8) is 0 Å². The van der Waals surface area contributed by atoms with E-state index in [1.54, 1.807) is 7.11 Å². The summed E-state index contributed by atoms with van der Waals surface area (Å²) in [6.45, 7) is 0. The highest BCUT2D eigenvalue weighted by Crippen LogP contribution is 2.32. The summed E-state index contributed by atoms with van der Waals surface area (Å²) in [5, 5.41) is 3.08. The van der Waals surface area contributed by atoms with Crippen LogP contribution in [0.25, 0.3) is 10.2 Å². The third-order valence-electron chi connectivity index (χ3n) is 5.65. The van der Waals surface area contributed by atoms with E-state index in [2.05, 4.69) is 15.3 Å². The number of carbonyl (C=O) groups is 2. The predicted molar refractivity (Wildman–Crippen MR) is 123 cm³/mol. The SMILES string of the molecule is COc1ccc([C@@H]2CC(=O)c3cc(C(=O)Nc4nc5ccccc5s4)c(=O)[nH]c3C2)cc1. The number of aromatic nitrogens is 2. The van der Waals surface area contributed by atoms with Crippen LogP contribution < -0.4 is 15.6 Å². The molecule has 0 radical (unpaired) electrons. The van der Waals surface area contributed by atoms with Gasteiger partial charge in [0.2, 0.25) is 0 Å². The van der Waals surface area contributed by atoms with E-state index in [-0.39, 0.29) is 17.3 Å². The van der Waals surface area contributed by atoms with Crippen molar-refractivity contribution in [1.82, 2.24) is 9.97 Å². The summed E-state index contributed by atoms with van der Waals surface area (Å²) >= 11 is 1.32. The molecule has 2 N–H and O–H groups in total. The number of pyridine rings is 1. The number of methoxy groups -OCH3 is 1. The quantitative estimate of drug-likeness (QED) is 0.491. The lowest BCUT2D eigenvalue weighted by molar-refractivity contribution is 0.0963. The van der Waals surface area contributed by atoms with Crippen LogP contribution in [0.2, 0.25) is 0 Å². The Morgan fingerprint density at radius 2 is 1.91 bits per heavy atom.